The van der Waals surface area contributed by atoms with E-state index in [1.807, 2.05) is 18.2 Å². The Morgan fingerprint density at radius 1 is 1.26 bits per heavy atom. The number of benzene rings is 1. The van der Waals surface area contributed by atoms with E-state index in [1.165, 1.54) is 0 Å². The van der Waals surface area contributed by atoms with Gasteiger partial charge in [0.25, 0.3) is 0 Å². The predicted octanol–water partition coefficient (Wildman–Crippen LogP) is 0.429. The first-order valence-electron chi connectivity index (χ1n) is 6.66. The van der Waals surface area contributed by atoms with Gasteiger partial charge >= 0.3 is 0 Å². The average molecular weight is 265 g/mol. The van der Waals surface area contributed by atoms with Crippen LogP contribution in [0.3, 0.4) is 0 Å². The molecule has 0 aliphatic carbocycles. The first kappa shape index (κ1) is 13.9. The molecule has 4 N–H and O–H groups in total. The number of rotatable bonds is 5. The summed E-state index contributed by atoms with van der Waals surface area (Å²) in [6.45, 7) is 6.88. The third kappa shape index (κ3) is 3.50. The monoisotopic (exact) mass is 265 g/mol. The molecule has 6 heteroatoms. The molecule has 0 amide bonds. The molecule has 19 heavy (non-hydrogen) atoms. The van der Waals surface area contributed by atoms with Gasteiger partial charge in [-0.3, -0.25) is 0 Å². The molecule has 1 aromatic rings. The van der Waals surface area contributed by atoms with Crippen molar-refractivity contribution < 1.29 is 4.74 Å². The van der Waals surface area contributed by atoms with Gasteiger partial charge in [0.05, 0.1) is 12.8 Å². The van der Waals surface area contributed by atoms with Crippen molar-refractivity contribution in [2.45, 2.75) is 6.92 Å². The second kappa shape index (κ2) is 6.60. The van der Waals surface area contributed by atoms with E-state index in [2.05, 4.69) is 27.8 Å². The lowest BCUT2D eigenvalue weighted by atomic mass is 10.2. The number of hydrazine groups is 2. The standard InChI is InChI=1S/C13H23N5O/c1-3-15-16-18-8-6-17(7-9-18)11-4-5-12(14)13(10-11)19-2/h4-5,10,15-16H,3,6-9,14H2,1-2H3. The lowest BCUT2D eigenvalue weighted by molar-refractivity contribution is 0.145. The van der Waals surface area contributed by atoms with Gasteiger partial charge in [-0.1, -0.05) is 6.92 Å². The van der Waals surface area contributed by atoms with Crippen molar-refractivity contribution in [3.63, 3.8) is 0 Å². The lowest BCUT2D eigenvalue weighted by Gasteiger charge is -2.36. The summed E-state index contributed by atoms with van der Waals surface area (Å²) in [5.74, 6) is 0.741. The highest BCUT2D eigenvalue weighted by atomic mass is 16.5. The maximum atomic E-state index is 5.84. The normalized spacial score (nSPS) is 16.6. The molecule has 0 bridgehead atoms. The number of nitrogens with zero attached hydrogens (tertiary/aromatic N) is 2. The third-order valence-electron chi connectivity index (χ3n) is 3.28. The molecule has 1 aliphatic rings. The molecular weight excluding hydrogens is 242 g/mol. The van der Waals surface area contributed by atoms with Crippen LogP contribution in [0, 0.1) is 0 Å². The summed E-state index contributed by atoms with van der Waals surface area (Å²) in [6, 6.07) is 5.95. The first-order valence-corrected chi connectivity index (χ1v) is 6.66. The van der Waals surface area contributed by atoms with Crippen molar-refractivity contribution in [3.8, 4) is 5.75 Å². The Bertz CT molecular complexity index is 404. The van der Waals surface area contributed by atoms with E-state index >= 15 is 0 Å². The zero-order valence-electron chi connectivity index (χ0n) is 11.6. The van der Waals surface area contributed by atoms with Crippen LogP contribution in [0.4, 0.5) is 11.4 Å². The van der Waals surface area contributed by atoms with Crippen LogP contribution in [0.15, 0.2) is 18.2 Å². The summed E-state index contributed by atoms with van der Waals surface area (Å²) in [7, 11) is 1.65. The highest BCUT2D eigenvalue weighted by Crippen LogP contribution is 2.27. The molecule has 0 radical (unpaired) electrons. The number of nitrogens with one attached hydrogen (secondary N) is 2. The fourth-order valence-corrected chi connectivity index (χ4v) is 2.16. The van der Waals surface area contributed by atoms with Gasteiger partial charge < -0.3 is 15.4 Å². The summed E-state index contributed by atoms with van der Waals surface area (Å²) >= 11 is 0. The van der Waals surface area contributed by atoms with E-state index in [1.54, 1.807) is 7.11 Å². The maximum absolute atomic E-state index is 5.84. The van der Waals surface area contributed by atoms with Crippen LogP contribution in [-0.2, 0) is 0 Å². The average Bonchev–Trinajstić information content (AvgIpc) is 2.46. The van der Waals surface area contributed by atoms with Crippen LogP contribution in [0.25, 0.3) is 0 Å². The number of nitrogen functional groups attached to an aromatic ring is 1. The van der Waals surface area contributed by atoms with Crippen molar-refractivity contribution >= 4 is 11.4 Å². The molecule has 1 aliphatic heterocycles. The zero-order chi connectivity index (χ0) is 13.7. The van der Waals surface area contributed by atoms with Gasteiger partial charge in [-0.25, -0.2) is 10.4 Å². The van der Waals surface area contributed by atoms with Gasteiger partial charge in [-0.15, -0.1) is 0 Å². The largest absolute Gasteiger partial charge is 0.495 e. The quantitative estimate of drug-likeness (QED) is 0.530. The van der Waals surface area contributed by atoms with Gasteiger partial charge in [0.15, 0.2) is 0 Å². The van der Waals surface area contributed by atoms with E-state index < -0.39 is 0 Å². The highest BCUT2D eigenvalue weighted by Gasteiger charge is 2.17. The molecule has 1 saturated heterocycles. The maximum Gasteiger partial charge on any atom is 0.143 e. The van der Waals surface area contributed by atoms with Gasteiger partial charge in [-0.2, -0.15) is 5.53 Å². The highest BCUT2D eigenvalue weighted by molar-refractivity contribution is 5.62. The minimum atomic E-state index is 0.679. The van der Waals surface area contributed by atoms with Crippen molar-refractivity contribution in [2.75, 3.05) is 50.5 Å². The van der Waals surface area contributed by atoms with Crippen LogP contribution in [0.5, 0.6) is 5.75 Å². The molecule has 0 unspecified atom stereocenters. The molecule has 1 fully saturated rings. The molecule has 0 spiro atoms. The number of methoxy groups -OCH3 is 1. The smallest absolute Gasteiger partial charge is 0.143 e. The minimum Gasteiger partial charge on any atom is -0.495 e. The van der Waals surface area contributed by atoms with Crippen LogP contribution < -0.4 is 26.3 Å². The third-order valence-corrected chi connectivity index (χ3v) is 3.28. The molecule has 0 aromatic heterocycles. The van der Waals surface area contributed by atoms with Crippen molar-refractivity contribution in [3.05, 3.63) is 18.2 Å². The second-order valence-corrected chi connectivity index (χ2v) is 4.54. The molecule has 2 rings (SSSR count). The van der Waals surface area contributed by atoms with Gasteiger partial charge in [0, 0.05) is 44.5 Å². The van der Waals surface area contributed by atoms with Gasteiger partial charge in [0.1, 0.15) is 5.75 Å². The molecular formula is C13H23N5O. The molecule has 0 saturated carbocycles. The Morgan fingerprint density at radius 3 is 2.63 bits per heavy atom. The lowest BCUT2D eigenvalue weighted by Crippen LogP contribution is -2.55. The molecule has 106 valence electrons. The van der Waals surface area contributed by atoms with Gasteiger partial charge in [0.2, 0.25) is 0 Å². The number of anilines is 2. The van der Waals surface area contributed by atoms with Crippen molar-refractivity contribution in [1.29, 1.82) is 0 Å². The van der Waals surface area contributed by atoms with E-state index in [4.69, 9.17) is 10.5 Å². The SMILES string of the molecule is CCNNN1CCN(c2ccc(N)c(OC)c2)CC1. The Morgan fingerprint density at radius 2 is 2.00 bits per heavy atom. The van der Waals surface area contributed by atoms with Crippen LogP contribution >= 0.6 is 0 Å². The number of nitrogens with two attached hydrogens (primary N) is 1. The number of hydrogen-bond acceptors (Lipinski definition) is 6. The van der Waals surface area contributed by atoms with Crippen molar-refractivity contribution in [2.24, 2.45) is 0 Å². The first-order chi connectivity index (χ1) is 9.24. The molecule has 1 aromatic carbocycles. The van der Waals surface area contributed by atoms with E-state index in [0.29, 0.717) is 5.69 Å². The summed E-state index contributed by atoms with van der Waals surface area (Å²) in [4.78, 5) is 2.34. The van der Waals surface area contributed by atoms with Crippen LogP contribution in [-0.4, -0.2) is 44.8 Å². The van der Waals surface area contributed by atoms with E-state index in [-0.39, 0.29) is 0 Å². The Labute approximate surface area is 114 Å². The van der Waals surface area contributed by atoms with Crippen molar-refractivity contribution in [1.82, 2.24) is 16.0 Å². The van der Waals surface area contributed by atoms with E-state index in [0.717, 1.165) is 44.2 Å². The Kier molecular flexibility index (Phi) is 4.84. The minimum absolute atomic E-state index is 0.679. The fourth-order valence-electron chi connectivity index (χ4n) is 2.16. The summed E-state index contributed by atoms with van der Waals surface area (Å²) in [5.41, 5.74) is 14.0. The molecule has 1 heterocycles. The zero-order valence-corrected chi connectivity index (χ0v) is 11.6. The summed E-state index contributed by atoms with van der Waals surface area (Å²) in [6.07, 6.45) is 0. The molecule has 6 nitrogen and oxygen atoms in total. The topological polar surface area (TPSA) is 65.8 Å². The van der Waals surface area contributed by atoms with E-state index in [9.17, 15) is 0 Å². The van der Waals surface area contributed by atoms with Crippen LogP contribution in [0.1, 0.15) is 6.92 Å². The number of ether oxygens (including phenoxy) is 1. The Balaban J connectivity index is 1.94. The van der Waals surface area contributed by atoms with Gasteiger partial charge in [-0.05, 0) is 12.1 Å². The summed E-state index contributed by atoms with van der Waals surface area (Å²) in [5, 5.41) is 2.19. The molecule has 0 atom stereocenters. The van der Waals surface area contributed by atoms with Crippen LogP contribution in [0.2, 0.25) is 0 Å². The fraction of sp³-hybridized carbons (Fsp3) is 0.538. The second-order valence-electron chi connectivity index (χ2n) is 4.54. The predicted molar refractivity (Wildman–Crippen MR) is 78.0 cm³/mol. The number of piperazine rings is 1. The summed E-state index contributed by atoms with van der Waals surface area (Å²) < 4.78 is 5.27. The Hall–Kier alpha value is -1.50. The number of hydrogen-bond donors (Lipinski definition) is 3.